The first-order chi connectivity index (χ1) is 8.74. The summed E-state index contributed by atoms with van der Waals surface area (Å²) in [5.41, 5.74) is 7.22. The van der Waals surface area contributed by atoms with E-state index in [0.29, 0.717) is 18.2 Å². The van der Waals surface area contributed by atoms with Gasteiger partial charge >= 0.3 is 0 Å². The highest BCUT2D eigenvalue weighted by atomic mass is 35.5. The van der Waals surface area contributed by atoms with Crippen LogP contribution in [0.4, 0.5) is 0 Å². The van der Waals surface area contributed by atoms with Crippen LogP contribution >= 0.6 is 12.4 Å². The Balaban J connectivity index is 0.00000180. The van der Waals surface area contributed by atoms with Crippen molar-refractivity contribution in [2.24, 2.45) is 5.73 Å². The van der Waals surface area contributed by atoms with Crippen molar-refractivity contribution in [1.29, 1.82) is 0 Å². The minimum atomic E-state index is -0.121. The van der Waals surface area contributed by atoms with Gasteiger partial charge in [-0.2, -0.15) is 5.10 Å². The van der Waals surface area contributed by atoms with Crippen LogP contribution < -0.4 is 11.1 Å². The van der Waals surface area contributed by atoms with E-state index in [1.165, 1.54) is 12.8 Å². The van der Waals surface area contributed by atoms with Gasteiger partial charge in [-0.15, -0.1) is 12.4 Å². The fourth-order valence-corrected chi connectivity index (χ4v) is 2.02. The Bertz CT molecular complexity index is 403. The molecule has 19 heavy (non-hydrogen) atoms. The molecule has 1 fully saturated rings. The molecule has 0 saturated heterocycles. The monoisotopic (exact) mass is 286 g/mol. The molecule has 1 saturated carbocycles. The molecule has 0 aromatic carbocycles. The quantitative estimate of drug-likeness (QED) is 0.716. The summed E-state index contributed by atoms with van der Waals surface area (Å²) in [7, 11) is 0. The van der Waals surface area contributed by atoms with Crippen LogP contribution in [0, 0.1) is 0 Å². The van der Waals surface area contributed by atoms with E-state index in [1.54, 1.807) is 0 Å². The van der Waals surface area contributed by atoms with Crippen LogP contribution in [0.3, 0.4) is 0 Å². The fraction of sp³-hybridized carbons (Fsp3) is 0.692. The maximum absolute atomic E-state index is 12.0. The van der Waals surface area contributed by atoms with Gasteiger partial charge in [0.25, 0.3) is 5.91 Å². The Kier molecular flexibility index (Phi) is 6.31. The molecule has 0 aliphatic heterocycles. The lowest BCUT2D eigenvalue weighted by Gasteiger charge is -2.15. The summed E-state index contributed by atoms with van der Waals surface area (Å²) in [5.74, 6) is 0.467. The van der Waals surface area contributed by atoms with Crippen molar-refractivity contribution in [3.05, 3.63) is 17.5 Å². The Morgan fingerprint density at radius 3 is 2.95 bits per heavy atom. The third-order valence-electron chi connectivity index (χ3n) is 3.37. The minimum Gasteiger partial charge on any atom is -0.347 e. The number of halogens is 1. The number of carbonyl (C=O) groups is 1. The van der Waals surface area contributed by atoms with Crippen molar-refractivity contribution in [1.82, 2.24) is 15.5 Å². The largest absolute Gasteiger partial charge is 0.347 e. The fourth-order valence-electron chi connectivity index (χ4n) is 2.02. The molecule has 0 spiro atoms. The number of nitrogens with zero attached hydrogens (tertiary/aromatic N) is 1. The van der Waals surface area contributed by atoms with E-state index in [0.717, 1.165) is 25.0 Å². The van der Waals surface area contributed by atoms with Gasteiger partial charge in [-0.1, -0.05) is 19.8 Å². The molecule has 1 aliphatic carbocycles. The van der Waals surface area contributed by atoms with E-state index in [2.05, 4.69) is 22.4 Å². The summed E-state index contributed by atoms with van der Waals surface area (Å²) in [6, 6.07) is 1.92. The van der Waals surface area contributed by atoms with Crippen molar-refractivity contribution in [3.63, 3.8) is 0 Å². The standard InChI is InChI=1S/C13H22N4O.ClH/c1-2-3-4-10(8-14)15-13(18)12-7-11(16-17-12)9-5-6-9;/h7,9-10H,2-6,8,14H2,1H3,(H,15,18)(H,16,17);1H. The number of hydrogen-bond acceptors (Lipinski definition) is 3. The molecule has 4 N–H and O–H groups in total. The minimum absolute atomic E-state index is 0. The van der Waals surface area contributed by atoms with Crippen LogP contribution in [0.5, 0.6) is 0 Å². The molecule has 1 atom stereocenters. The number of amides is 1. The van der Waals surface area contributed by atoms with Gasteiger partial charge in [0.15, 0.2) is 0 Å². The first kappa shape index (κ1) is 16.0. The van der Waals surface area contributed by atoms with Crippen LogP contribution in [-0.2, 0) is 0 Å². The molecule has 5 nitrogen and oxygen atoms in total. The number of hydrogen-bond donors (Lipinski definition) is 3. The maximum atomic E-state index is 12.0. The van der Waals surface area contributed by atoms with Gasteiger partial charge in [0.1, 0.15) is 5.69 Å². The number of aromatic amines is 1. The van der Waals surface area contributed by atoms with Crippen LogP contribution in [0.2, 0.25) is 0 Å². The van der Waals surface area contributed by atoms with Gasteiger partial charge < -0.3 is 11.1 Å². The average Bonchev–Trinajstić information content (AvgIpc) is 3.12. The molecular weight excluding hydrogens is 264 g/mol. The molecular formula is C13H23ClN4O. The van der Waals surface area contributed by atoms with Crippen molar-refractivity contribution in [2.75, 3.05) is 6.54 Å². The summed E-state index contributed by atoms with van der Waals surface area (Å²) in [4.78, 5) is 12.0. The highest BCUT2D eigenvalue weighted by Gasteiger charge is 2.26. The van der Waals surface area contributed by atoms with Crippen molar-refractivity contribution in [2.45, 2.75) is 51.0 Å². The summed E-state index contributed by atoms with van der Waals surface area (Å²) < 4.78 is 0. The first-order valence-electron chi connectivity index (χ1n) is 6.80. The summed E-state index contributed by atoms with van der Waals surface area (Å²) in [5, 5.41) is 9.95. The van der Waals surface area contributed by atoms with Crippen molar-refractivity contribution < 1.29 is 4.79 Å². The third kappa shape index (κ3) is 4.51. The number of unbranched alkanes of at least 4 members (excludes halogenated alkanes) is 1. The number of H-pyrrole nitrogens is 1. The molecule has 1 amide bonds. The molecule has 1 aromatic rings. The molecule has 0 bridgehead atoms. The Morgan fingerprint density at radius 2 is 2.37 bits per heavy atom. The molecule has 6 heteroatoms. The van der Waals surface area contributed by atoms with E-state index in [9.17, 15) is 4.79 Å². The highest BCUT2D eigenvalue weighted by Crippen LogP contribution is 2.38. The number of nitrogens with one attached hydrogen (secondary N) is 2. The Labute approximate surface area is 120 Å². The van der Waals surface area contributed by atoms with Gasteiger partial charge in [0, 0.05) is 24.2 Å². The molecule has 2 rings (SSSR count). The van der Waals surface area contributed by atoms with E-state index >= 15 is 0 Å². The zero-order chi connectivity index (χ0) is 13.0. The van der Waals surface area contributed by atoms with Gasteiger partial charge in [0.05, 0.1) is 0 Å². The first-order valence-corrected chi connectivity index (χ1v) is 6.80. The smallest absolute Gasteiger partial charge is 0.272 e. The summed E-state index contributed by atoms with van der Waals surface area (Å²) in [6.45, 7) is 2.61. The van der Waals surface area contributed by atoms with E-state index in [1.807, 2.05) is 6.07 Å². The predicted molar refractivity (Wildman–Crippen MR) is 77.6 cm³/mol. The summed E-state index contributed by atoms with van der Waals surface area (Å²) >= 11 is 0. The summed E-state index contributed by atoms with van der Waals surface area (Å²) in [6.07, 6.45) is 5.52. The highest BCUT2D eigenvalue weighted by molar-refractivity contribution is 5.92. The molecule has 108 valence electrons. The van der Waals surface area contributed by atoms with E-state index < -0.39 is 0 Å². The number of nitrogens with two attached hydrogens (primary N) is 1. The second-order valence-electron chi connectivity index (χ2n) is 5.03. The average molecular weight is 287 g/mol. The second kappa shape index (κ2) is 7.50. The van der Waals surface area contributed by atoms with E-state index in [-0.39, 0.29) is 24.4 Å². The molecule has 0 radical (unpaired) electrons. The lowest BCUT2D eigenvalue weighted by molar-refractivity contribution is 0.0930. The normalized spacial score (nSPS) is 15.7. The lowest BCUT2D eigenvalue weighted by Crippen LogP contribution is -2.40. The Hall–Kier alpha value is -1.07. The van der Waals surface area contributed by atoms with Crippen LogP contribution in [0.1, 0.15) is 61.1 Å². The molecule has 1 aliphatic rings. The van der Waals surface area contributed by atoms with Gasteiger partial charge in [-0.25, -0.2) is 0 Å². The lowest BCUT2D eigenvalue weighted by atomic mass is 10.1. The van der Waals surface area contributed by atoms with Gasteiger partial charge in [0.2, 0.25) is 0 Å². The molecule has 1 aromatic heterocycles. The van der Waals surface area contributed by atoms with Crippen LogP contribution in [-0.4, -0.2) is 28.7 Å². The van der Waals surface area contributed by atoms with Crippen molar-refractivity contribution in [3.8, 4) is 0 Å². The van der Waals surface area contributed by atoms with Crippen LogP contribution in [0.15, 0.2) is 6.07 Å². The zero-order valence-corrected chi connectivity index (χ0v) is 12.1. The second-order valence-corrected chi connectivity index (χ2v) is 5.03. The number of carbonyl (C=O) groups excluding carboxylic acids is 1. The van der Waals surface area contributed by atoms with Crippen molar-refractivity contribution >= 4 is 18.3 Å². The van der Waals surface area contributed by atoms with Crippen LogP contribution in [0.25, 0.3) is 0 Å². The maximum Gasteiger partial charge on any atom is 0.272 e. The molecule has 1 heterocycles. The van der Waals surface area contributed by atoms with E-state index in [4.69, 9.17) is 5.73 Å². The van der Waals surface area contributed by atoms with Gasteiger partial charge in [-0.05, 0) is 25.3 Å². The third-order valence-corrected chi connectivity index (χ3v) is 3.37. The SMILES string of the molecule is CCCCC(CN)NC(=O)c1cc(C2CC2)[nH]n1.Cl. The predicted octanol–water partition coefficient (Wildman–Crippen LogP) is 1.96. The Morgan fingerprint density at radius 1 is 1.63 bits per heavy atom. The zero-order valence-electron chi connectivity index (χ0n) is 11.3. The number of rotatable bonds is 7. The molecule has 1 unspecified atom stereocenters. The topological polar surface area (TPSA) is 83.8 Å². The number of aromatic nitrogens is 2. The van der Waals surface area contributed by atoms with Gasteiger partial charge in [-0.3, -0.25) is 9.89 Å².